The van der Waals surface area contributed by atoms with Gasteiger partial charge in [0.2, 0.25) is 0 Å². The summed E-state index contributed by atoms with van der Waals surface area (Å²) in [5.41, 5.74) is 4.41. The third-order valence-corrected chi connectivity index (χ3v) is 4.35. The number of carbonyl (C=O) groups is 1. The first-order chi connectivity index (χ1) is 12.1. The van der Waals surface area contributed by atoms with Gasteiger partial charge in [-0.2, -0.15) is 0 Å². The Bertz CT molecular complexity index is 968. The van der Waals surface area contributed by atoms with Crippen LogP contribution in [0, 0.1) is 0 Å². The zero-order valence-electron chi connectivity index (χ0n) is 14.3. The molecule has 2 heterocycles. The van der Waals surface area contributed by atoms with Gasteiger partial charge in [0.15, 0.2) is 0 Å². The average molecular weight is 333 g/mol. The third kappa shape index (κ3) is 2.84. The van der Waals surface area contributed by atoms with Crippen LogP contribution in [0.5, 0.6) is 0 Å². The molecule has 126 valence electrons. The molecule has 25 heavy (non-hydrogen) atoms. The van der Waals surface area contributed by atoms with Crippen LogP contribution >= 0.6 is 0 Å². The van der Waals surface area contributed by atoms with Crippen LogP contribution < -0.4 is 0 Å². The molecule has 0 radical (unpaired) electrons. The maximum atomic E-state index is 12.8. The Hall–Kier alpha value is -2.88. The second-order valence-electron chi connectivity index (χ2n) is 6.47. The summed E-state index contributed by atoms with van der Waals surface area (Å²) in [6.07, 6.45) is 5.12. The molecule has 2 aromatic heterocycles. The molecule has 0 saturated carbocycles. The minimum atomic E-state index is -0.274. The van der Waals surface area contributed by atoms with Crippen molar-refractivity contribution < 1.29 is 13.9 Å². The number of allylic oxidation sites excluding steroid dienone is 1. The summed E-state index contributed by atoms with van der Waals surface area (Å²) in [4.78, 5) is 17.6. The molecule has 4 nitrogen and oxygen atoms in total. The zero-order chi connectivity index (χ0) is 17.4. The molecule has 0 bridgehead atoms. The van der Waals surface area contributed by atoms with Gasteiger partial charge in [-0.05, 0) is 62.1 Å². The lowest BCUT2D eigenvalue weighted by Crippen LogP contribution is -2.14. The predicted octanol–water partition coefficient (Wildman–Crippen LogP) is 4.88. The van der Waals surface area contributed by atoms with Crippen molar-refractivity contribution in [1.29, 1.82) is 0 Å². The van der Waals surface area contributed by atoms with Crippen molar-refractivity contribution in [2.45, 2.75) is 32.8 Å². The summed E-state index contributed by atoms with van der Waals surface area (Å²) in [5.74, 6) is 0.521. The van der Waals surface area contributed by atoms with Gasteiger partial charge in [-0.15, -0.1) is 0 Å². The predicted molar refractivity (Wildman–Crippen MR) is 97.2 cm³/mol. The number of pyridine rings is 1. The fraction of sp³-hybridized carbons (Fsp3) is 0.238. The van der Waals surface area contributed by atoms with Gasteiger partial charge >= 0.3 is 5.97 Å². The molecule has 0 N–H and O–H groups in total. The van der Waals surface area contributed by atoms with Crippen LogP contribution in [0.4, 0.5) is 0 Å². The van der Waals surface area contributed by atoms with Gasteiger partial charge in [0.25, 0.3) is 0 Å². The molecule has 0 unspecified atom stereocenters. The third-order valence-electron chi connectivity index (χ3n) is 4.35. The van der Waals surface area contributed by atoms with Crippen LogP contribution in [0.3, 0.4) is 0 Å². The first kappa shape index (κ1) is 15.6. The van der Waals surface area contributed by atoms with E-state index in [4.69, 9.17) is 14.1 Å². The molecule has 4 heteroatoms. The highest BCUT2D eigenvalue weighted by Crippen LogP contribution is 2.37. The Kier molecular flexibility index (Phi) is 3.88. The van der Waals surface area contributed by atoms with Crippen molar-refractivity contribution in [3.63, 3.8) is 0 Å². The van der Waals surface area contributed by atoms with Gasteiger partial charge < -0.3 is 9.15 Å². The number of carbonyl (C=O) groups excluding carboxylic acids is 1. The maximum Gasteiger partial charge on any atom is 0.339 e. The molecular weight excluding hydrogens is 314 g/mol. The monoisotopic (exact) mass is 333 g/mol. The molecular formula is C21H19NO3. The van der Waals surface area contributed by atoms with E-state index in [1.54, 1.807) is 6.26 Å². The van der Waals surface area contributed by atoms with E-state index in [0.29, 0.717) is 5.56 Å². The van der Waals surface area contributed by atoms with Crippen molar-refractivity contribution in [3.05, 3.63) is 65.2 Å². The van der Waals surface area contributed by atoms with E-state index in [2.05, 4.69) is 0 Å². The molecule has 0 aliphatic heterocycles. The van der Waals surface area contributed by atoms with Crippen LogP contribution in [0.1, 0.15) is 47.6 Å². The van der Waals surface area contributed by atoms with Gasteiger partial charge in [-0.25, -0.2) is 9.78 Å². The average Bonchev–Trinajstić information content (AvgIpc) is 3.23. The zero-order valence-corrected chi connectivity index (χ0v) is 14.3. The highest BCUT2D eigenvalue weighted by Gasteiger charge is 2.28. The molecule has 0 atom stereocenters. The highest BCUT2D eigenvalue weighted by molar-refractivity contribution is 6.07. The number of fused-ring (bicyclic) bond motifs is 2. The SMILES string of the molecule is CC(C)OC(=O)c1c2c(nc3ccccc13)/C(=C\c1ccco1)CC2. The lowest BCUT2D eigenvalue weighted by atomic mass is 10.0. The number of rotatable bonds is 3. The molecule has 0 spiro atoms. The van der Waals surface area contributed by atoms with Gasteiger partial charge in [0.1, 0.15) is 5.76 Å². The summed E-state index contributed by atoms with van der Waals surface area (Å²) in [6.45, 7) is 3.73. The van der Waals surface area contributed by atoms with E-state index in [1.807, 2.05) is 56.3 Å². The lowest BCUT2D eigenvalue weighted by Gasteiger charge is -2.14. The fourth-order valence-electron chi connectivity index (χ4n) is 3.33. The van der Waals surface area contributed by atoms with Gasteiger partial charge in [0, 0.05) is 5.39 Å². The summed E-state index contributed by atoms with van der Waals surface area (Å²) < 4.78 is 10.9. The smallest absolute Gasteiger partial charge is 0.339 e. The number of furan rings is 1. The lowest BCUT2D eigenvalue weighted by molar-refractivity contribution is 0.0379. The van der Waals surface area contributed by atoms with Crippen molar-refractivity contribution in [1.82, 2.24) is 4.98 Å². The maximum absolute atomic E-state index is 12.8. The Morgan fingerprint density at radius 3 is 2.80 bits per heavy atom. The normalized spacial score (nSPS) is 15.1. The molecule has 1 aromatic carbocycles. The number of hydrogen-bond donors (Lipinski definition) is 0. The Balaban J connectivity index is 1.91. The van der Waals surface area contributed by atoms with Gasteiger partial charge in [-0.1, -0.05) is 18.2 Å². The first-order valence-electron chi connectivity index (χ1n) is 8.50. The Labute approximate surface area is 146 Å². The largest absolute Gasteiger partial charge is 0.465 e. The highest BCUT2D eigenvalue weighted by atomic mass is 16.5. The minimum absolute atomic E-state index is 0.158. The summed E-state index contributed by atoms with van der Waals surface area (Å²) in [6, 6.07) is 11.5. The minimum Gasteiger partial charge on any atom is -0.465 e. The van der Waals surface area contributed by atoms with E-state index in [9.17, 15) is 4.79 Å². The first-order valence-corrected chi connectivity index (χ1v) is 8.50. The number of benzene rings is 1. The summed E-state index contributed by atoms with van der Waals surface area (Å²) >= 11 is 0. The standard InChI is InChI=1S/C21H19NO3/c1-13(2)25-21(23)19-16-7-3-4-8-18(16)22-20-14(9-10-17(19)20)12-15-6-5-11-24-15/h3-8,11-13H,9-10H2,1-2H3/b14-12-. The molecule has 1 aliphatic carbocycles. The van der Waals surface area contributed by atoms with E-state index in [-0.39, 0.29) is 12.1 Å². The van der Waals surface area contributed by atoms with Crippen LogP contribution in [0.25, 0.3) is 22.6 Å². The molecule has 1 aliphatic rings. The Morgan fingerprint density at radius 1 is 1.20 bits per heavy atom. The second-order valence-corrected chi connectivity index (χ2v) is 6.47. The number of hydrogen-bond acceptors (Lipinski definition) is 4. The molecule has 0 fully saturated rings. The molecule has 0 saturated heterocycles. The van der Waals surface area contributed by atoms with E-state index in [0.717, 1.165) is 46.3 Å². The second kappa shape index (κ2) is 6.20. The molecule has 3 aromatic rings. The van der Waals surface area contributed by atoms with Crippen molar-refractivity contribution in [3.8, 4) is 0 Å². The number of esters is 1. The fourth-order valence-corrected chi connectivity index (χ4v) is 3.33. The van der Waals surface area contributed by atoms with Crippen molar-refractivity contribution >= 4 is 28.5 Å². The van der Waals surface area contributed by atoms with Crippen LogP contribution in [-0.2, 0) is 11.2 Å². The number of nitrogens with zero attached hydrogens (tertiary/aromatic N) is 1. The van der Waals surface area contributed by atoms with Crippen molar-refractivity contribution in [2.24, 2.45) is 0 Å². The topological polar surface area (TPSA) is 52.3 Å². The molecule has 0 amide bonds. The van der Waals surface area contributed by atoms with Crippen molar-refractivity contribution in [2.75, 3.05) is 0 Å². The molecule has 4 rings (SSSR count). The van der Waals surface area contributed by atoms with E-state index in [1.165, 1.54) is 0 Å². The Morgan fingerprint density at radius 2 is 2.04 bits per heavy atom. The van der Waals surface area contributed by atoms with Crippen LogP contribution in [-0.4, -0.2) is 17.1 Å². The number of aromatic nitrogens is 1. The summed E-state index contributed by atoms with van der Waals surface area (Å²) in [5, 5.41) is 0.853. The summed E-state index contributed by atoms with van der Waals surface area (Å²) in [7, 11) is 0. The van der Waals surface area contributed by atoms with Gasteiger partial charge in [-0.3, -0.25) is 0 Å². The number of ether oxygens (including phenoxy) is 1. The van der Waals surface area contributed by atoms with E-state index >= 15 is 0 Å². The van der Waals surface area contributed by atoms with Crippen LogP contribution in [0.15, 0.2) is 47.1 Å². The van der Waals surface area contributed by atoms with E-state index < -0.39 is 0 Å². The quantitative estimate of drug-likeness (QED) is 0.641. The van der Waals surface area contributed by atoms with Gasteiger partial charge in [0.05, 0.1) is 29.1 Å². The number of para-hydroxylation sites is 1. The van der Waals surface area contributed by atoms with Crippen LogP contribution in [0.2, 0.25) is 0 Å².